The molecule has 1 aliphatic heterocycles. The van der Waals surface area contributed by atoms with Crippen molar-refractivity contribution in [2.24, 2.45) is 0 Å². The van der Waals surface area contributed by atoms with Gasteiger partial charge in [-0.3, -0.25) is 0 Å². The van der Waals surface area contributed by atoms with Crippen molar-refractivity contribution in [1.29, 1.82) is 0 Å². The van der Waals surface area contributed by atoms with Crippen molar-refractivity contribution in [1.82, 2.24) is 0 Å². The zero-order valence-electron chi connectivity index (χ0n) is 12.8. The maximum atomic E-state index is 13.5. The van der Waals surface area contributed by atoms with Crippen LogP contribution in [-0.4, -0.2) is 12.4 Å². The molecule has 0 unspecified atom stereocenters. The first kappa shape index (κ1) is 18.6. The van der Waals surface area contributed by atoms with Gasteiger partial charge >= 0.3 is 148 Å². The molecule has 0 N–H and O–H groups in total. The van der Waals surface area contributed by atoms with Gasteiger partial charge in [-0.25, -0.2) is 0 Å². The third-order valence-electron chi connectivity index (χ3n) is 4.01. The van der Waals surface area contributed by atoms with Crippen LogP contribution in [0.1, 0.15) is 31.2 Å². The van der Waals surface area contributed by atoms with Crippen LogP contribution in [-0.2, 0) is 8.67 Å². The van der Waals surface area contributed by atoms with Crippen LogP contribution in [0.25, 0.3) is 0 Å². The average Bonchev–Trinajstić information content (AvgIpc) is 2.89. The van der Waals surface area contributed by atoms with E-state index in [0.717, 1.165) is 37.0 Å². The molecule has 8 heteroatoms. The summed E-state index contributed by atoms with van der Waals surface area (Å²) < 4.78 is 88.2. The van der Waals surface area contributed by atoms with Gasteiger partial charge in [0, 0.05) is 0 Å². The van der Waals surface area contributed by atoms with Crippen LogP contribution in [0, 0.1) is 13.4 Å². The van der Waals surface area contributed by atoms with Crippen LogP contribution in [0.3, 0.4) is 0 Å². The van der Waals surface area contributed by atoms with Crippen molar-refractivity contribution in [3.63, 3.8) is 0 Å². The summed E-state index contributed by atoms with van der Waals surface area (Å²) in [5.74, 6) is 2.77. The first-order valence-electron chi connectivity index (χ1n) is 7.50. The summed E-state index contributed by atoms with van der Waals surface area (Å²) >= 11 is -3.43. The standard InChI is InChI=1S/C17H13F6IO/c18-16(19,20)15(17(21,22)23)13-8-4-5-9-14(13)24(25-15)11-10-12-6-2-1-3-7-12/h4-6,8-9H,1-3,7H2. The van der Waals surface area contributed by atoms with Crippen LogP contribution in [0.5, 0.6) is 0 Å². The van der Waals surface area contributed by atoms with E-state index in [0.29, 0.717) is 6.42 Å². The second-order valence-electron chi connectivity index (χ2n) is 5.68. The topological polar surface area (TPSA) is 9.23 Å². The Kier molecular flexibility index (Phi) is 4.83. The molecule has 25 heavy (non-hydrogen) atoms. The molecule has 0 spiro atoms. The van der Waals surface area contributed by atoms with Crippen LogP contribution < -0.4 is 0 Å². The maximum absolute atomic E-state index is 13.5. The van der Waals surface area contributed by atoms with Gasteiger partial charge in [-0.2, -0.15) is 0 Å². The fourth-order valence-corrected chi connectivity index (χ4v) is 7.02. The van der Waals surface area contributed by atoms with Crippen LogP contribution in [0.2, 0.25) is 0 Å². The van der Waals surface area contributed by atoms with E-state index in [1.165, 1.54) is 12.1 Å². The Hall–Kier alpha value is -1.21. The zero-order valence-corrected chi connectivity index (χ0v) is 14.9. The van der Waals surface area contributed by atoms with Gasteiger partial charge < -0.3 is 0 Å². The van der Waals surface area contributed by atoms with E-state index >= 15 is 0 Å². The summed E-state index contributed by atoms with van der Waals surface area (Å²) in [5, 5.41) is 0. The van der Waals surface area contributed by atoms with Crippen molar-refractivity contribution >= 4 is 20.2 Å². The molecule has 1 heterocycles. The fourth-order valence-electron chi connectivity index (χ4n) is 2.77. The van der Waals surface area contributed by atoms with Crippen molar-refractivity contribution < 1.29 is 29.4 Å². The quantitative estimate of drug-likeness (QED) is 0.251. The van der Waals surface area contributed by atoms with E-state index < -0.39 is 43.8 Å². The zero-order chi connectivity index (χ0) is 18.3. The molecular weight excluding hydrogens is 461 g/mol. The van der Waals surface area contributed by atoms with Crippen LogP contribution in [0.4, 0.5) is 26.3 Å². The van der Waals surface area contributed by atoms with Crippen LogP contribution >= 0.6 is 20.2 Å². The average molecular weight is 474 g/mol. The van der Waals surface area contributed by atoms with Crippen molar-refractivity contribution in [3.05, 3.63) is 45.0 Å². The molecule has 0 aromatic heterocycles. The monoisotopic (exact) mass is 474 g/mol. The summed E-state index contributed by atoms with van der Waals surface area (Å²) in [7, 11) is 0. The number of halogens is 7. The van der Waals surface area contributed by atoms with Gasteiger partial charge in [0.2, 0.25) is 0 Å². The first-order chi connectivity index (χ1) is 11.7. The second-order valence-corrected chi connectivity index (χ2v) is 9.24. The molecule has 2 aliphatic rings. The molecule has 0 amide bonds. The number of fused-ring (bicyclic) bond motifs is 1. The Morgan fingerprint density at radius 3 is 2.28 bits per heavy atom. The molecule has 0 fully saturated rings. The molecule has 1 aromatic rings. The van der Waals surface area contributed by atoms with Gasteiger partial charge in [-0.1, -0.05) is 0 Å². The SMILES string of the molecule is FC(F)(F)C1(C(F)(F)F)OI(C#CC2=CCCCC2)c2ccccc21. The number of hydrogen-bond donors (Lipinski definition) is 0. The second kappa shape index (κ2) is 6.50. The van der Waals surface area contributed by atoms with Gasteiger partial charge in [0.15, 0.2) is 0 Å². The Balaban J connectivity index is 2.08. The van der Waals surface area contributed by atoms with Gasteiger partial charge in [0.1, 0.15) is 0 Å². The number of benzene rings is 1. The third-order valence-corrected chi connectivity index (χ3v) is 7.87. The van der Waals surface area contributed by atoms with E-state index in [1.807, 2.05) is 6.08 Å². The summed E-state index contributed by atoms with van der Waals surface area (Å²) in [4.78, 5) is 0. The number of rotatable bonds is 0. The first-order valence-corrected chi connectivity index (χ1v) is 10.5. The van der Waals surface area contributed by atoms with E-state index in [4.69, 9.17) is 3.07 Å². The predicted octanol–water partition coefficient (Wildman–Crippen LogP) is 6.09. The minimum absolute atomic E-state index is 0.0368. The van der Waals surface area contributed by atoms with Crippen molar-refractivity contribution in [2.45, 2.75) is 43.6 Å². The van der Waals surface area contributed by atoms with Gasteiger partial charge in [-0.15, -0.1) is 0 Å². The molecule has 3 rings (SSSR count). The fraction of sp³-hybridized carbons (Fsp3) is 0.412. The van der Waals surface area contributed by atoms with Gasteiger partial charge in [0.05, 0.1) is 0 Å². The Labute approximate surface area is 148 Å². The van der Waals surface area contributed by atoms with E-state index in [1.54, 1.807) is 0 Å². The molecule has 0 saturated carbocycles. The number of allylic oxidation sites excluding steroid dienone is 2. The Bertz CT molecular complexity index is 739. The molecular formula is C17H13F6IO. The molecule has 0 radical (unpaired) electrons. The molecule has 136 valence electrons. The summed E-state index contributed by atoms with van der Waals surface area (Å²) in [6, 6.07) is 4.68. The summed E-state index contributed by atoms with van der Waals surface area (Å²) in [6.45, 7) is 0. The third kappa shape index (κ3) is 3.16. The molecule has 1 nitrogen and oxygen atoms in total. The number of hydrogen-bond acceptors (Lipinski definition) is 1. The molecule has 0 bridgehead atoms. The normalized spacial score (nSPS) is 21.2. The Morgan fingerprint density at radius 2 is 1.68 bits per heavy atom. The predicted molar refractivity (Wildman–Crippen MR) is 88.4 cm³/mol. The molecule has 0 atom stereocenters. The summed E-state index contributed by atoms with van der Waals surface area (Å²) in [5.41, 5.74) is -4.38. The number of alkyl halides is 6. The van der Waals surface area contributed by atoms with E-state index in [-0.39, 0.29) is 3.57 Å². The van der Waals surface area contributed by atoms with Crippen molar-refractivity contribution in [2.75, 3.05) is 0 Å². The van der Waals surface area contributed by atoms with Crippen molar-refractivity contribution in [3.8, 4) is 9.85 Å². The minimum atomic E-state index is -5.61. The Morgan fingerprint density at radius 1 is 1.00 bits per heavy atom. The molecule has 1 aliphatic carbocycles. The summed E-state index contributed by atoms with van der Waals surface area (Å²) in [6.07, 6.45) is -5.89. The van der Waals surface area contributed by atoms with E-state index in [9.17, 15) is 26.3 Å². The molecule has 0 saturated heterocycles. The van der Waals surface area contributed by atoms with E-state index in [2.05, 4.69) is 9.85 Å². The van der Waals surface area contributed by atoms with Gasteiger partial charge in [-0.05, 0) is 0 Å². The van der Waals surface area contributed by atoms with Gasteiger partial charge in [0.25, 0.3) is 0 Å². The molecule has 1 aromatic carbocycles. The van der Waals surface area contributed by atoms with Crippen LogP contribution in [0.15, 0.2) is 35.9 Å².